The number of aromatic nitrogens is 1. The van der Waals surface area contributed by atoms with Crippen LogP contribution in [0.4, 0.5) is 4.39 Å². The van der Waals surface area contributed by atoms with Crippen LogP contribution >= 0.6 is 0 Å². The second-order valence-corrected chi connectivity index (χ2v) is 5.35. The van der Waals surface area contributed by atoms with Crippen molar-refractivity contribution in [1.82, 2.24) is 9.88 Å². The summed E-state index contributed by atoms with van der Waals surface area (Å²) in [5.41, 5.74) is 1.21. The third-order valence-corrected chi connectivity index (χ3v) is 3.93. The van der Waals surface area contributed by atoms with E-state index >= 15 is 0 Å². The van der Waals surface area contributed by atoms with Crippen LogP contribution in [0.5, 0.6) is 0 Å². The average molecular weight is 278 g/mol. The molecule has 1 aliphatic heterocycles. The molecule has 1 N–H and O–H groups in total. The molecule has 1 aromatic heterocycles. The van der Waals surface area contributed by atoms with Crippen LogP contribution in [0.2, 0.25) is 0 Å². The molecular formula is C15H19FN2O2. The number of rotatable bonds is 5. The first-order valence-electron chi connectivity index (χ1n) is 7.16. The van der Waals surface area contributed by atoms with Crippen LogP contribution in [-0.4, -0.2) is 34.2 Å². The molecule has 3 rings (SSSR count). The van der Waals surface area contributed by atoms with Crippen molar-refractivity contribution in [3.8, 4) is 0 Å². The predicted octanol–water partition coefficient (Wildman–Crippen LogP) is 2.70. The summed E-state index contributed by atoms with van der Waals surface area (Å²) < 4.78 is 18.8. The number of halogens is 1. The van der Waals surface area contributed by atoms with E-state index in [0.29, 0.717) is 29.6 Å². The number of aliphatic hydroxyl groups is 1. The molecular weight excluding hydrogens is 259 g/mol. The standard InChI is InChI=1S/C15H19FN2O2/c16-11-5-6-13-14(9-11)20-15(17-13)10-18-7-1-3-12(18)4-2-8-19/h5-6,9,12,19H,1-4,7-8,10H2/t12-/m1/s1. The second kappa shape index (κ2) is 5.89. The molecule has 1 saturated heterocycles. The van der Waals surface area contributed by atoms with Gasteiger partial charge in [0.15, 0.2) is 5.58 Å². The number of benzene rings is 1. The summed E-state index contributed by atoms with van der Waals surface area (Å²) in [7, 11) is 0. The van der Waals surface area contributed by atoms with Crippen LogP contribution in [-0.2, 0) is 6.54 Å². The van der Waals surface area contributed by atoms with E-state index in [0.717, 1.165) is 25.8 Å². The van der Waals surface area contributed by atoms with Crippen LogP contribution in [0.1, 0.15) is 31.6 Å². The van der Waals surface area contributed by atoms with Crippen molar-refractivity contribution in [2.24, 2.45) is 0 Å². The Morgan fingerprint density at radius 2 is 2.35 bits per heavy atom. The number of oxazole rings is 1. The van der Waals surface area contributed by atoms with Gasteiger partial charge in [0.05, 0.1) is 6.54 Å². The molecule has 2 aromatic rings. The van der Waals surface area contributed by atoms with Gasteiger partial charge < -0.3 is 9.52 Å². The van der Waals surface area contributed by atoms with Gasteiger partial charge >= 0.3 is 0 Å². The SMILES string of the molecule is OCCC[C@H]1CCCN1Cc1nc2ccc(F)cc2o1. The molecule has 0 aliphatic carbocycles. The van der Waals surface area contributed by atoms with Crippen molar-refractivity contribution in [2.75, 3.05) is 13.2 Å². The van der Waals surface area contributed by atoms with Crippen LogP contribution in [0.25, 0.3) is 11.1 Å². The van der Waals surface area contributed by atoms with Gasteiger partial charge in [0, 0.05) is 18.7 Å². The van der Waals surface area contributed by atoms with E-state index in [9.17, 15) is 4.39 Å². The zero-order valence-electron chi connectivity index (χ0n) is 11.4. The summed E-state index contributed by atoms with van der Waals surface area (Å²) in [6, 6.07) is 4.91. The quantitative estimate of drug-likeness (QED) is 0.913. The van der Waals surface area contributed by atoms with Gasteiger partial charge in [0.1, 0.15) is 11.3 Å². The van der Waals surface area contributed by atoms with E-state index in [2.05, 4.69) is 9.88 Å². The maximum Gasteiger partial charge on any atom is 0.209 e. The van der Waals surface area contributed by atoms with Gasteiger partial charge in [-0.25, -0.2) is 9.37 Å². The fraction of sp³-hybridized carbons (Fsp3) is 0.533. The lowest BCUT2D eigenvalue weighted by atomic mass is 10.1. The molecule has 0 amide bonds. The van der Waals surface area contributed by atoms with E-state index in [1.165, 1.54) is 18.6 Å². The van der Waals surface area contributed by atoms with Crippen molar-refractivity contribution < 1.29 is 13.9 Å². The Kier molecular flexibility index (Phi) is 3.98. The first-order chi connectivity index (χ1) is 9.76. The summed E-state index contributed by atoms with van der Waals surface area (Å²) in [4.78, 5) is 6.75. The fourth-order valence-corrected chi connectivity index (χ4v) is 2.94. The Morgan fingerprint density at radius 1 is 1.45 bits per heavy atom. The maximum atomic E-state index is 13.1. The molecule has 5 heteroatoms. The third kappa shape index (κ3) is 2.83. The van der Waals surface area contributed by atoms with E-state index in [1.54, 1.807) is 6.07 Å². The fourth-order valence-electron chi connectivity index (χ4n) is 2.94. The van der Waals surface area contributed by atoms with Crippen molar-refractivity contribution in [1.29, 1.82) is 0 Å². The molecule has 1 fully saturated rings. The highest BCUT2D eigenvalue weighted by Crippen LogP contribution is 2.25. The van der Waals surface area contributed by atoms with Gasteiger partial charge in [-0.05, 0) is 44.4 Å². The van der Waals surface area contributed by atoms with Crippen molar-refractivity contribution in [3.63, 3.8) is 0 Å². The maximum absolute atomic E-state index is 13.1. The normalized spacial score (nSPS) is 20.0. The number of nitrogens with zero attached hydrogens (tertiary/aromatic N) is 2. The monoisotopic (exact) mass is 278 g/mol. The predicted molar refractivity (Wildman–Crippen MR) is 73.7 cm³/mol. The summed E-state index contributed by atoms with van der Waals surface area (Å²) in [5.74, 6) is 0.337. The van der Waals surface area contributed by atoms with Crippen LogP contribution in [0.15, 0.2) is 22.6 Å². The van der Waals surface area contributed by atoms with Crippen LogP contribution in [0.3, 0.4) is 0 Å². The van der Waals surface area contributed by atoms with E-state index in [-0.39, 0.29) is 12.4 Å². The number of aliphatic hydroxyl groups excluding tert-OH is 1. The van der Waals surface area contributed by atoms with Crippen molar-refractivity contribution in [3.05, 3.63) is 29.9 Å². The summed E-state index contributed by atoms with van der Waals surface area (Å²) in [6.07, 6.45) is 4.17. The molecule has 0 unspecified atom stereocenters. The van der Waals surface area contributed by atoms with E-state index in [4.69, 9.17) is 9.52 Å². The molecule has 108 valence electrons. The molecule has 0 bridgehead atoms. The topological polar surface area (TPSA) is 49.5 Å². The zero-order chi connectivity index (χ0) is 13.9. The zero-order valence-corrected chi connectivity index (χ0v) is 11.4. The van der Waals surface area contributed by atoms with E-state index in [1.807, 2.05) is 0 Å². The summed E-state index contributed by atoms with van der Waals surface area (Å²) in [6.45, 7) is 1.93. The van der Waals surface area contributed by atoms with Gasteiger partial charge in [-0.15, -0.1) is 0 Å². The Hall–Kier alpha value is -1.46. The minimum absolute atomic E-state index is 0.243. The van der Waals surface area contributed by atoms with Crippen molar-refractivity contribution >= 4 is 11.1 Å². The Balaban J connectivity index is 1.71. The lowest BCUT2D eigenvalue weighted by Crippen LogP contribution is -2.29. The highest BCUT2D eigenvalue weighted by Gasteiger charge is 2.25. The third-order valence-electron chi connectivity index (χ3n) is 3.93. The molecule has 20 heavy (non-hydrogen) atoms. The molecule has 0 radical (unpaired) electrons. The average Bonchev–Trinajstić information content (AvgIpc) is 3.02. The first-order valence-corrected chi connectivity index (χ1v) is 7.16. The van der Waals surface area contributed by atoms with Crippen LogP contribution in [0, 0.1) is 5.82 Å². The van der Waals surface area contributed by atoms with Gasteiger partial charge in [0.2, 0.25) is 5.89 Å². The Bertz CT molecular complexity index is 584. The number of hydrogen-bond donors (Lipinski definition) is 1. The molecule has 1 aromatic carbocycles. The second-order valence-electron chi connectivity index (χ2n) is 5.35. The van der Waals surface area contributed by atoms with E-state index < -0.39 is 0 Å². The lowest BCUT2D eigenvalue weighted by Gasteiger charge is -2.22. The molecule has 2 heterocycles. The minimum atomic E-state index is -0.304. The van der Waals surface area contributed by atoms with Gasteiger partial charge in [-0.1, -0.05) is 0 Å². The molecule has 0 saturated carbocycles. The van der Waals surface area contributed by atoms with Crippen molar-refractivity contribution in [2.45, 2.75) is 38.3 Å². The number of hydrogen-bond acceptors (Lipinski definition) is 4. The highest BCUT2D eigenvalue weighted by atomic mass is 19.1. The molecule has 0 spiro atoms. The number of likely N-dealkylation sites (tertiary alicyclic amines) is 1. The van der Waals surface area contributed by atoms with Gasteiger partial charge in [-0.3, -0.25) is 4.90 Å². The van der Waals surface area contributed by atoms with Gasteiger partial charge in [-0.2, -0.15) is 0 Å². The summed E-state index contributed by atoms with van der Waals surface area (Å²) in [5, 5.41) is 8.94. The molecule has 4 nitrogen and oxygen atoms in total. The summed E-state index contributed by atoms with van der Waals surface area (Å²) >= 11 is 0. The molecule has 1 aliphatic rings. The van der Waals surface area contributed by atoms with Crippen LogP contribution < -0.4 is 0 Å². The minimum Gasteiger partial charge on any atom is -0.439 e. The Morgan fingerprint density at radius 3 is 3.20 bits per heavy atom. The number of fused-ring (bicyclic) bond motifs is 1. The Labute approximate surface area is 117 Å². The lowest BCUT2D eigenvalue weighted by molar-refractivity contribution is 0.196. The largest absolute Gasteiger partial charge is 0.439 e. The smallest absolute Gasteiger partial charge is 0.209 e. The highest BCUT2D eigenvalue weighted by molar-refractivity contribution is 5.72. The first kappa shape index (κ1) is 13.5. The van der Waals surface area contributed by atoms with Gasteiger partial charge in [0.25, 0.3) is 0 Å². The molecule has 1 atom stereocenters.